The predicted molar refractivity (Wildman–Crippen MR) is 60.7 cm³/mol. The van der Waals surface area contributed by atoms with E-state index in [-0.39, 0.29) is 12.3 Å². The highest BCUT2D eigenvalue weighted by Crippen LogP contribution is 2.54. The lowest BCUT2D eigenvalue weighted by atomic mass is 10.0. The number of nitrogens with zero attached hydrogens (tertiary/aromatic N) is 2. The highest BCUT2D eigenvalue weighted by molar-refractivity contribution is 5.95. The van der Waals surface area contributed by atoms with Crippen LogP contribution in [0.5, 0.6) is 0 Å². The molecule has 0 spiro atoms. The Bertz CT molecular complexity index is 390. The van der Waals surface area contributed by atoms with E-state index in [1.165, 1.54) is 4.90 Å². The van der Waals surface area contributed by atoms with Crippen molar-refractivity contribution >= 4 is 11.9 Å². The topological polar surface area (TPSA) is 70.4 Å². The monoisotopic (exact) mass is 238 g/mol. The Balaban J connectivity index is 2.80. The maximum atomic E-state index is 11.9. The molecule has 1 fully saturated rings. The van der Waals surface area contributed by atoms with Crippen LogP contribution in [0.25, 0.3) is 0 Å². The molecule has 0 N–H and O–H groups in total. The molecule has 0 saturated heterocycles. The molecular formula is C12H18N2O3. The Hall–Kier alpha value is -1.57. The molecule has 0 aromatic heterocycles. The van der Waals surface area contributed by atoms with E-state index < -0.39 is 22.9 Å². The zero-order chi connectivity index (χ0) is 13.4. The van der Waals surface area contributed by atoms with Gasteiger partial charge in [0.1, 0.15) is 5.60 Å². The van der Waals surface area contributed by atoms with Crippen LogP contribution in [0.4, 0.5) is 0 Å². The molecule has 1 rings (SSSR count). The summed E-state index contributed by atoms with van der Waals surface area (Å²) in [7, 11) is 3.22. The minimum absolute atomic E-state index is 0.197. The number of amides is 1. The summed E-state index contributed by atoms with van der Waals surface area (Å²) in [4.78, 5) is 25.0. The highest BCUT2D eigenvalue weighted by Gasteiger charge is 2.66. The average molecular weight is 238 g/mol. The van der Waals surface area contributed by atoms with Gasteiger partial charge in [-0.1, -0.05) is 0 Å². The minimum Gasteiger partial charge on any atom is -0.459 e. The van der Waals surface area contributed by atoms with Crippen LogP contribution in [-0.4, -0.2) is 36.5 Å². The van der Waals surface area contributed by atoms with E-state index in [1.54, 1.807) is 34.9 Å². The van der Waals surface area contributed by atoms with Crippen molar-refractivity contribution in [3.8, 4) is 6.07 Å². The summed E-state index contributed by atoms with van der Waals surface area (Å²) in [5, 5.41) is 9.10. The largest absolute Gasteiger partial charge is 0.459 e. The first kappa shape index (κ1) is 13.5. The maximum absolute atomic E-state index is 11.9. The van der Waals surface area contributed by atoms with Crippen LogP contribution < -0.4 is 0 Å². The van der Waals surface area contributed by atoms with Gasteiger partial charge in [0.05, 0.1) is 12.0 Å². The molecular weight excluding hydrogens is 220 g/mol. The maximum Gasteiger partial charge on any atom is 0.327 e. The van der Waals surface area contributed by atoms with Crippen molar-refractivity contribution in [2.45, 2.75) is 32.8 Å². The van der Waals surface area contributed by atoms with Crippen molar-refractivity contribution < 1.29 is 14.3 Å². The van der Waals surface area contributed by atoms with Gasteiger partial charge in [-0.2, -0.15) is 5.26 Å². The molecule has 0 unspecified atom stereocenters. The summed E-state index contributed by atoms with van der Waals surface area (Å²) in [6.45, 7) is 5.21. The number of carbonyl (C=O) groups is 2. The smallest absolute Gasteiger partial charge is 0.327 e. The van der Waals surface area contributed by atoms with Gasteiger partial charge in [0.25, 0.3) is 0 Å². The molecule has 1 amide bonds. The summed E-state index contributed by atoms with van der Waals surface area (Å²) in [5.41, 5.74) is -1.91. The first-order valence-corrected chi connectivity index (χ1v) is 5.50. The average Bonchev–Trinajstić information content (AvgIpc) is 2.89. The second kappa shape index (κ2) is 4.02. The first-order chi connectivity index (χ1) is 7.64. The van der Waals surface area contributed by atoms with Crippen LogP contribution in [0, 0.1) is 22.7 Å². The lowest BCUT2D eigenvalue weighted by molar-refractivity contribution is -0.161. The van der Waals surface area contributed by atoms with Crippen molar-refractivity contribution in [2.75, 3.05) is 14.1 Å². The molecule has 0 radical (unpaired) electrons. The standard InChI is InChI=1S/C12H18N2O3/c1-11(2,3)17-10(16)12(7-13)6-8(12)9(15)14(4)5/h8H,6H2,1-5H3/t8-,12+/m1/s1. The summed E-state index contributed by atoms with van der Waals surface area (Å²) >= 11 is 0. The van der Waals surface area contributed by atoms with Crippen LogP contribution in [0.3, 0.4) is 0 Å². The molecule has 5 heteroatoms. The van der Waals surface area contributed by atoms with Gasteiger partial charge in [-0.15, -0.1) is 0 Å². The number of rotatable bonds is 2. The lowest BCUT2D eigenvalue weighted by Gasteiger charge is -2.21. The molecule has 17 heavy (non-hydrogen) atoms. The SMILES string of the molecule is CN(C)C(=O)[C@H]1C[C@@]1(C#N)C(=O)OC(C)(C)C. The summed E-state index contributed by atoms with van der Waals surface area (Å²) in [6, 6.07) is 1.94. The highest BCUT2D eigenvalue weighted by atomic mass is 16.6. The first-order valence-electron chi connectivity index (χ1n) is 5.50. The number of carbonyl (C=O) groups excluding carboxylic acids is 2. The molecule has 2 atom stereocenters. The Labute approximate surface area is 101 Å². The number of esters is 1. The molecule has 0 aromatic carbocycles. The van der Waals surface area contributed by atoms with Crippen LogP contribution >= 0.6 is 0 Å². The molecule has 0 aromatic rings. The van der Waals surface area contributed by atoms with E-state index in [0.29, 0.717) is 0 Å². The number of ether oxygens (including phenoxy) is 1. The number of hydrogen-bond donors (Lipinski definition) is 0. The Morgan fingerprint density at radius 3 is 2.29 bits per heavy atom. The molecule has 5 nitrogen and oxygen atoms in total. The van der Waals surface area contributed by atoms with Crippen molar-refractivity contribution in [1.29, 1.82) is 5.26 Å². The lowest BCUT2D eigenvalue weighted by Crippen LogP contribution is -2.33. The van der Waals surface area contributed by atoms with E-state index in [9.17, 15) is 9.59 Å². The van der Waals surface area contributed by atoms with E-state index in [0.717, 1.165) is 0 Å². The fourth-order valence-corrected chi connectivity index (χ4v) is 1.64. The van der Waals surface area contributed by atoms with Gasteiger partial charge in [-0.3, -0.25) is 9.59 Å². The van der Waals surface area contributed by atoms with Gasteiger partial charge < -0.3 is 9.64 Å². The molecule has 1 aliphatic carbocycles. The van der Waals surface area contributed by atoms with Gasteiger partial charge >= 0.3 is 5.97 Å². The minimum atomic E-state index is -1.27. The fraction of sp³-hybridized carbons (Fsp3) is 0.750. The second-order valence-electron chi connectivity index (χ2n) is 5.57. The summed E-state index contributed by atoms with van der Waals surface area (Å²) in [6.07, 6.45) is 0.259. The van der Waals surface area contributed by atoms with Crippen LogP contribution in [0.15, 0.2) is 0 Å². The third kappa shape index (κ3) is 2.57. The van der Waals surface area contributed by atoms with Crippen molar-refractivity contribution in [1.82, 2.24) is 4.90 Å². The fourth-order valence-electron chi connectivity index (χ4n) is 1.64. The van der Waals surface area contributed by atoms with Crippen LogP contribution in [0.2, 0.25) is 0 Å². The quantitative estimate of drug-likeness (QED) is 0.671. The summed E-state index contributed by atoms with van der Waals surface area (Å²) < 4.78 is 5.18. The van der Waals surface area contributed by atoms with E-state index in [4.69, 9.17) is 10.00 Å². The molecule has 1 aliphatic rings. The third-order valence-electron chi connectivity index (χ3n) is 2.66. The molecule has 1 saturated carbocycles. The van der Waals surface area contributed by atoms with E-state index >= 15 is 0 Å². The molecule has 0 heterocycles. The Kier molecular flexibility index (Phi) is 3.19. The molecule has 0 bridgehead atoms. The van der Waals surface area contributed by atoms with Gasteiger partial charge in [-0.05, 0) is 27.2 Å². The Morgan fingerprint density at radius 2 is 1.94 bits per heavy atom. The number of hydrogen-bond acceptors (Lipinski definition) is 4. The van der Waals surface area contributed by atoms with Gasteiger partial charge in [0, 0.05) is 14.1 Å². The predicted octanol–water partition coefficient (Wildman–Crippen LogP) is 0.946. The second-order valence-corrected chi connectivity index (χ2v) is 5.57. The zero-order valence-electron chi connectivity index (χ0n) is 10.9. The van der Waals surface area contributed by atoms with Crippen LogP contribution in [0.1, 0.15) is 27.2 Å². The third-order valence-corrected chi connectivity index (χ3v) is 2.66. The van der Waals surface area contributed by atoms with E-state index in [1.807, 2.05) is 6.07 Å². The van der Waals surface area contributed by atoms with Crippen molar-refractivity contribution in [3.05, 3.63) is 0 Å². The van der Waals surface area contributed by atoms with E-state index in [2.05, 4.69) is 0 Å². The van der Waals surface area contributed by atoms with Crippen LogP contribution in [-0.2, 0) is 14.3 Å². The van der Waals surface area contributed by atoms with Gasteiger partial charge in [0.15, 0.2) is 5.41 Å². The van der Waals surface area contributed by atoms with Crippen molar-refractivity contribution in [3.63, 3.8) is 0 Å². The van der Waals surface area contributed by atoms with Crippen molar-refractivity contribution in [2.24, 2.45) is 11.3 Å². The van der Waals surface area contributed by atoms with Gasteiger partial charge in [0.2, 0.25) is 5.91 Å². The van der Waals surface area contributed by atoms with Gasteiger partial charge in [-0.25, -0.2) is 0 Å². The zero-order valence-corrected chi connectivity index (χ0v) is 10.9. The number of nitriles is 1. The normalized spacial score (nSPS) is 26.9. The molecule has 94 valence electrons. The summed E-state index contributed by atoms with van der Waals surface area (Å²) in [5.74, 6) is -1.34. The molecule has 0 aliphatic heterocycles. The Morgan fingerprint density at radius 1 is 1.41 bits per heavy atom.